The second-order valence-corrected chi connectivity index (χ2v) is 8.14. The van der Waals surface area contributed by atoms with E-state index in [1.54, 1.807) is 45.5 Å². The summed E-state index contributed by atoms with van der Waals surface area (Å²) >= 11 is 0. The SMILES string of the molecule is CNC(=O)c1ccc(NC(=O)CN2CCc3cc(OC)c(OC)cc3[C@H]2c2ccccc2)cc1. The Hall–Kier alpha value is -3.84. The number of ether oxygens (including phenoxy) is 2. The first kappa shape index (κ1) is 23.3. The summed E-state index contributed by atoms with van der Waals surface area (Å²) in [6.45, 7) is 0.954. The molecule has 2 amide bonds. The standard InChI is InChI=1S/C27H29N3O4/c1-28-27(32)19-9-11-21(12-10-19)29-25(31)17-30-14-13-20-15-23(33-2)24(34-3)16-22(20)26(30)18-7-5-4-6-8-18/h4-12,15-16,26H,13-14,17H2,1-3H3,(H,28,32)(H,29,31)/t26-/m1/s1. The zero-order valence-corrected chi connectivity index (χ0v) is 19.6. The molecule has 34 heavy (non-hydrogen) atoms. The number of hydrogen-bond acceptors (Lipinski definition) is 5. The van der Waals surface area contributed by atoms with Crippen LogP contribution in [0.2, 0.25) is 0 Å². The van der Waals surface area contributed by atoms with Gasteiger partial charge in [0.2, 0.25) is 5.91 Å². The summed E-state index contributed by atoms with van der Waals surface area (Å²) in [5.74, 6) is 1.10. The van der Waals surface area contributed by atoms with Crippen molar-refractivity contribution in [1.82, 2.24) is 10.2 Å². The van der Waals surface area contributed by atoms with Gasteiger partial charge < -0.3 is 20.1 Å². The number of rotatable bonds is 7. The zero-order valence-electron chi connectivity index (χ0n) is 19.6. The summed E-state index contributed by atoms with van der Waals surface area (Å²) < 4.78 is 11.1. The lowest BCUT2D eigenvalue weighted by atomic mass is 9.87. The van der Waals surface area contributed by atoms with Crippen molar-refractivity contribution in [2.45, 2.75) is 12.5 Å². The van der Waals surface area contributed by atoms with E-state index in [4.69, 9.17) is 9.47 Å². The minimum Gasteiger partial charge on any atom is -0.493 e. The molecule has 0 radical (unpaired) electrons. The van der Waals surface area contributed by atoms with Crippen molar-refractivity contribution in [3.63, 3.8) is 0 Å². The average Bonchev–Trinajstić information content (AvgIpc) is 2.88. The highest BCUT2D eigenvalue weighted by atomic mass is 16.5. The predicted octanol–water partition coefficient (Wildman–Crippen LogP) is 3.65. The molecule has 7 heteroatoms. The Morgan fingerprint density at radius 2 is 1.65 bits per heavy atom. The summed E-state index contributed by atoms with van der Waals surface area (Å²) in [5.41, 5.74) is 4.60. The summed E-state index contributed by atoms with van der Waals surface area (Å²) in [5, 5.41) is 5.54. The number of carbonyl (C=O) groups excluding carboxylic acids is 2. The summed E-state index contributed by atoms with van der Waals surface area (Å²) in [7, 11) is 4.86. The van der Waals surface area contributed by atoms with E-state index in [2.05, 4.69) is 27.7 Å². The molecule has 3 aromatic carbocycles. The van der Waals surface area contributed by atoms with Crippen molar-refractivity contribution in [2.75, 3.05) is 39.7 Å². The first-order valence-electron chi connectivity index (χ1n) is 11.2. The fourth-order valence-corrected chi connectivity index (χ4v) is 4.43. The first-order chi connectivity index (χ1) is 16.5. The Bertz CT molecular complexity index is 1160. The van der Waals surface area contributed by atoms with Crippen LogP contribution in [0.1, 0.15) is 33.1 Å². The van der Waals surface area contributed by atoms with E-state index in [0.717, 1.165) is 24.1 Å². The van der Waals surface area contributed by atoms with Crippen molar-refractivity contribution in [3.05, 3.63) is 89.0 Å². The molecule has 176 valence electrons. The Kier molecular flexibility index (Phi) is 7.13. The highest BCUT2D eigenvalue weighted by Crippen LogP contribution is 2.40. The zero-order chi connectivity index (χ0) is 24.1. The maximum Gasteiger partial charge on any atom is 0.251 e. The highest BCUT2D eigenvalue weighted by molar-refractivity contribution is 5.96. The van der Waals surface area contributed by atoms with Crippen LogP contribution in [0.25, 0.3) is 0 Å². The number of amides is 2. The van der Waals surface area contributed by atoms with Crippen LogP contribution in [0.3, 0.4) is 0 Å². The second-order valence-electron chi connectivity index (χ2n) is 8.14. The Balaban J connectivity index is 1.58. The quantitative estimate of drug-likeness (QED) is 0.564. The number of carbonyl (C=O) groups is 2. The molecule has 0 unspecified atom stereocenters. The minimum absolute atomic E-state index is 0.0915. The molecular weight excluding hydrogens is 430 g/mol. The molecule has 0 fully saturated rings. The van der Waals surface area contributed by atoms with Crippen LogP contribution in [0.4, 0.5) is 5.69 Å². The predicted molar refractivity (Wildman–Crippen MR) is 132 cm³/mol. The van der Waals surface area contributed by atoms with Crippen LogP contribution >= 0.6 is 0 Å². The van der Waals surface area contributed by atoms with Crippen LogP contribution in [0.5, 0.6) is 11.5 Å². The highest BCUT2D eigenvalue weighted by Gasteiger charge is 2.31. The van der Waals surface area contributed by atoms with Gasteiger partial charge in [-0.1, -0.05) is 30.3 Å². The van der Waals surface area contributed by atoms with E-state index in [9.17, 15) is 9.59 Å². The van der Waals surface area contributed by atoms with E-state index in [1.807, 2.05) is 30.3 Å². The molecule has 0 aliphatic carbocycles. The summed E-state index contributed by atoms with van der Waals surface area (Å²) in [4.78, 5) is 26.9. The lowest BCUT2D eigenvalue weighted by Gasteiger charge is -2.37. The monoisotopic (exact) mass is 459 g/mol. The van der Waals surface area contributed by atoms with Gasteiger partial charge in [0.15, 0.2) is 11.5 Å². The number of fused-ring (bicyclic) bond motifs is 1. The van der Waals surface area contributed by atoms with E-state index in [-0.39, 0.29) is 24.4 Å². The van der Waals surface area contributed by atoms with Crippen molar-refractivity contribution >= 4 is 17.5 Å². The van der Waals surface area contributed by atoms with Crippen LogP contribution in [-0.4, -0.2) is 51.1 Å². The fourth-order valence-electron chi connectivity index (χ4n) is 4.43. The van der Waals surface area contributed by atoms with Gasteiger partial charge in [0.1, 0.15) is 0 Å². The average molecular weight is 460 g/mol. The van der Waals surface area contributed by atoms with Crippen molar-refractivity contribution < 1.29 is 19.1 Å². The number of nitrogens with one attached hydrogen (secondary N) is 2. The van der Waals surface area contributed by atoms with E-state index in [0.29, 0.717) is 22.7 Å². The van der Waals surface area contributed by atoms with Crippen molar-refractivity contribution in [2.24, 2.45) is 0 Å². The topological polar surface area (TPSA) is 79.9 Å². The smallest absolute Gasteiger partial charge is 0.251 e. The molecule has 1 atom stereocenters. The molecule has 1 aliphatic rings. The van der Waals surface area contributed by atoms with Crippen molar-refractivity contribution in [3.8, 4) is 11.5 Å². The van der Waals surface area contributed by atoms with E-state index >= 15 is 0 Å². The lowest BCUT2D eigenvalue weighted by molar-refractivity contribution is -0.117. The normalized spacial score (nSPS) is 15.2. The number of methoxy groups -OCH3 is 2. The number of anilines is 1. The number of nitrogens with zero attached hydrogens (tertiary/aromatic N) is 1. The molecule has 0 saturated carbocycles. The largest absolute Gasteiger partial charge is 0.493 e. The molecule has 3 aromatic rings. The van der Waals surface area contributed by atoms with Gasteiger partial charge in [-0.25, -0.2) is 0 Å². The van der Waals surface area contributed by atoms with Gasteiger partial charge in [-0.2, -0.15) is 0 Å². The molecule has 0 bridgehead atoms. The summed E-state index contributed by atoms with van der Waals surface area (Å²) in [6.07, 6.45) is 0.799. The van der Waals surface area contributed by atoms with Gasteiger partial charge in [0.05, 0.1) is 26.8 Å². The van der Waals surface area contributed by atoms with Crippen LogP contribution in [0, 0.1) is 0 Å². The van der Waals surface area contributed by atoms with Crippen molar-refractivity contribution in [1.29, 1.82) is 0 Å². The van der Waals surface area contributed by atoms with Gasteiger partial charge in [0.25, 0.3) is 5.91 Å². The third-order valence-corrected chi connectivity index (χ3v) is 6.09. The van der Waals surface area contributed by atoms with Gasteiger partial charge in [-0.3, -0.25) is 14.5 Å². The Labute approximate surface area is 199 Å². The molecule has 4 rings (SSSR count). The minimum atomic E-state index is -0.164. The second kappa shape index (κ2) is 10.4. The first-order valence-corrected chi connectivity index (χ1v) is 11.2. The molecule has 0 spiro atoms. The molecule has 0 saturated heterocycles. The van der Waals surface area contributed by atoms with Crippen LogP contribution in [0.15, 0.2) is 66.7 Å². The molecule has 2 N–H and O–H groups in total. The molecule has 7 nitrogen and oxygen atoms in total. The maximum atomic E-state index is 13.0. The number of hydrogen-bond donors (Lipinski definition) is 2. The van der Waals surface area contributed by atoms with Crippen LogP contribution in [-0.2, 0) is 11.2 Å². The summed E-state index contributed by atoms with van der Waals surface area (Å²) in [6, 6.07) is 21.0. The van der Waals surface area contributed by atoms with Gasteiger partial charge in [-0.05, 0) is 59.5 Å². The molecule has 0 aromatic heterocycles. The molecule has 1 heterocycles. The Morgan fingerprint density at radius 3 is 2.29 bits per heavy atom. The van der Waals surface area contributed by atoms with Gasteiger partial charge >= 0.3 is 0 Å². The van der Waals surface area contributed by atoms with E-state index in [1.165, 1.54) is 5.56 Å². The third kappa shape index (κ3) is 4.89. The molecule has 1 aliphatic heterocycles. The number of benzene rings is 3. The van der Waals surface area contributed by atoms with Crippen LogP contribution < -0.4 is 20.1 Å². The van der Waals surface area contributed by atoms with Gasteiger partial charge in [-0.15, -0.1) is 0 Å². The fraction of sp³-hybridized carbons (Fsp3) is 0.259. The Morgan fingerprint density at radius 1 is 0.971 bits per heavy atom. The maximum absolute atomic E-state index is 13.0. The lowest BCUT2D eigenvalue weighted by Crippen LogP contribution is -2.41. The van der Waals surface area contributed by atoms with Gasteiger partial charge in [0, 0.05) is 24.8 Å². The van der Waals surface area contributed by atoms with E-state index < -0.39 is 0 Å². The third-order valence-electron chi connectivity index (χ3n) is 6.09. The molecular formula is C27H29N3O4.